The minimum absolute atomic E-state index is 0.200. The average Bonchev–Trinajstić information content (AvgIpc) is 3.56. The summed E-state index contributed by atoms with van der Waals surface area (Å²) in [6.07, 6.45) is 6.68. The third-order valence-corrected chi connectivity index (χ3v) is 9.49. The molecule has 1 saturated heterocycles. The number of rotatable bonds is 8. The highest BCUT2D eigenvalue weighted by Gasteiger charge is 2.35. The zero-order valence-corrected chi connectivity index (χ0v) is 25.6. The molecule has 11 nitrogen and oxygen atoms in total. The second-order valence-corrected chi connectivity index (χ2v) is 17.8. The van der Waals surface area contributed by atoms with Crippen LogP contribution in [-0.2, 0) is 27.6 Å². The SMILES string of the molecule is CCn1ncc2cc(C3CCC(C)CN3C(=O)C(=O)Nc3cnc(N)c4cnn(COCC[Si](C)(C)C)c34)ccc21. The minimum Gasteiger partial charge on any atom is -0.383 e. The Morgan fingerprint density at radius 2 is 1.90 bits per heavy atom. The molecule has 3 aromatic heterocycles. The Labute approximate surface area is 241 Å². The number of ether oxygens (including phenoxy) is 1. The summed E-state index contributed by atoms with van der Waals surface area (Å²) in [6, 6.07) is 7.00. The van der Waals surface area contributed by atoms with Gasteiger partial charge in [0.25, 0.3) is 0 Å². The maximum absolute atomic E-state index is 13.7. The number of pyridine rings is 1. The van der Waals surface area contributed by atoms with Gasteiger partial charge in [-0.2, -0.15) is 10.2 Å². The highest BCUT2D eigenvalue weighted by molar-refractivity contribution is 6.76. The quantitative estimate of drug-likeness (QED) is 0.177. The number of benzene rings is 1. The summed E-state index contributed by atoms with van der Waals surface area (Å²) in [6.45, 7) is 13.2. The molecule has 5 rings (SSSR count). The predicted octanol–water partition coefficient (Wildman–Crippen LogP) is 4.63. The molecule has 0 radical (unpaired) electrons. The van der Waals surface area contributed by atoms with Crippen LogP contribution >= 0.6 is 0 Å². The molecule has 0 aliphatic carbocycles. The summed E-state index contributed by atoms with van der Waals surface area (Å²) in [7, 11) is -1.24. The van der Waals surface area contributed by atoms with E-state index in [4.69, 9.17) is 10.5 Å². The van der Waals surface area contributed by atoms with Crippen LogP contribution in [0, 0.1) is 5.92 Å². The Morgan fingerprint density at radius 1 is 1.12 bits per heavy atom. The van der Waals surface area contributed by atoms with Gasteiger partial charge in [-0.05, 0) is 49.4 Å². The summed E-state index contributed by atoms with van der Waals surface area (Å²) in [4.78, 5) is 33.1. The van der Waals surface area contributed by atoms with Gasteiger partial charge >= 0.3 is 11.8 Å². The molecule has 1 aliphatic rings. The van der Waals surface area contributed by atoms with Crippen LogP contribution in [-0.4, -0.2) is 62.5 Å². The Morgan fingerprint density at radius 3 is 2.66 bits per heavy atom. The fraction of sp³-hybridized carbons (Fsp3) is 0.483. The van der Waals surface area contributed by atoms with Crippen molar-refractivity contribution >= 4 is 53.2 Å². The molecular formula is C29H40N8O3Si. The van der Waals surface area contributed by atoms with Crippen LogP contribution < -0.4 is 11.1 Å². The van der Waals surface area contributed by atoms with Gasteiger partial charge in [-0.15, -0.1) is 0 Å². The van der Waals surface area contributed by atoms with Crippen LogP contribution in [0.4, 0.5) is 11.5 Å². The Balaban J connectivity index is 1.37. The number of nitrogens with two attached hydrogens (primary N) is 1. The van der Waals surface area contributed by atoms with Gasteiger partial charge in [0.15, 0.2) is 0 Å². The molecule has 41 heavy (non-hydrogen) atoms. The number of carbonyl (C=O) groups excluding carboxylic acids is 2. The van der Waals surface area contributed by atoms with Crippen molar-refractivity contribution in [2.45, 2.75) is 71.7 Å². The fourth-order valence-corrected chi connectivity index (χ4v) is 6.19. The lowest BCUT2D eigenvalue weighted by Gasteiger charge is -2.38. The summed E-state index contributed by atoms with van der Waals surface area (Å²) >= 11 is 0. The summed E-state index contributed by atoms with van der Waals surface area (Å²) in [5.74, 6) is -0.712. The van der Waals surface area contributed by atoms with E-state index in [2.05, 4.69) is 60.1 Å². The lowest BCUT2D eigenvalue weighted by Crippen LogP contribution is -2.46. The molecule has 0 spiro atoms. The highest BCUT2D eigenvalue weighted by atomic mass is 28.3. The van der Waals surface area contributed by atoms with E-state index < -0.39 is 19.9 Å². The first-order valence-corrected chi connectivity index (χ1v) is 18.0. The van der Waals surface area contributed by atoms with Crippen LogP contribution in [0.5, 0.6) is 0 Å². The van der Waals surface area contributed by atoms with Gasteiger partial charge in [0.05, 0.1) is 46.7 Å². The fourth-order valence-electron chi connectivity index (χ4n) is 5.44. The van der Waals surface area contributed by atoms with E-state index in [1.165, 1.54) is 6.20 Å². The molecular weight excluding hydrogens is 536 g/mol. The van der Waals surface area contributed by atoms with Crippen LogP contribution in [0.15, 0.2) is 36.8 Å². The molecule has 2 amide bonds. The van der Waals surface area contributed by atoms with Gasteiger partial charge in [-0.1, -0.05) is 32.6 Å². The molecule has 2 unspecified atom stereocenters. The number of hydrogen-bond donors (Lipinski definition) is 2. The summed E-state index contributed by atoms with van der Waals surface area (Å²) in [5, 5.41) is 13.3. The zero-order valence-electron chi connectivity index (χ0n) is 24.6. The van der Waals surface area contributed by atoms with Crippen molar-refractivity contribution in [1.29, 1.82) is 0 Å². The maximum Gasteiger partial charge on any atom is 0.314 e. The summed E-state index contributed by atoms with van der Waals surface area (Å²) < 4.78 is 9.49. The molecule has 0 bridgehead atoms. The smallest absolute Gasteiger partial charge is 0.314 e. The van der Waals surface area contributed by atoms with E-state index in [1.807, 2.05) is 23.0 Å². The number of carbonyl (C=O) groups is 2. The lowest BCUT2D eigenvalue weighted by molar-refractivity contribution is -0.146. The first kappa shape index (κ1) is 28.7. The topological polar surface area (TPSA) is 133 Å². The van der Waals surface area contributed by atoms with Crippen molar-refractivity contribution < 1.29 is 14.3 Å². The average molecular weight is 577 g/mol. The van der Waals surface area contributed by atoms with Crippen molar-refractivity contribution in [2.75, 3.05) is 24.2 Å². The Bertz CT molecular complexity index is 1570. The number of hydrogen-bond acceptors (Lipinski definition) is 7. The van der Waals surface area contributed by atoms with E-state index in [9.17, 15) is 9.59 Å². The van der Waals surface area contributed by atoms with Crippen LogP contribution in [0.2, 0.25) is 25.7 Å². The third kappa shape index (κ3) is 6.13. The number of likely N-dealkylation sites (tertiary alicyclic amines) is 1. The molecule has 218 valence electrons. The van der Waals surface area contributed by atoms with Crippen molar-refractivity contribution in [2.24, 2.45) is 5.92 Å². The third-order valence-electron chi connectivity index (χ3n) is 7.78. The number of amides is 2. The molecule has 1 aliphatic heterocycles. The molecule has 2 atom stereocenters. The Hall–Kier alpha value is -3.77. The van der Waals surface area contributed by atoms with Crippen LogP contribution in [0.1, 0.15) is 38.3 Å². The van der Waals surface area contributed by atoms with Gasteiger partial charge in [0.1, 0.15) is 12.5 Å². The largest absolute Gasteiger partial charge is 0.383 e. The molecule has 1 aromatic carbocycles. The van der Waals surface area contributed by atoms with Gasteiger partial charge in [0.2, 0.25) is 0 Å². The predicted molar refractivity (Wildman–Crippen MR) is 163 cm³/mol. The first-order valence-electron chi connectivity index (χ1n) is 14.3. The van der Waals surface area contributed by atoms with Crippen molar-refractivity contribution in [3.05, 3.63) is 42.4 Å². The normalized spacial score (nSPS) is 17.8. The number of aromatic nitrogens is 5. The number of nitrogens with zero attached hydrogens (tertiary/aromatic N) is 6. The van der Waals surface area contributed by atoms with Crippen molar-refractivity contribution in [3.63, 3.8) is 0 Å². The molecule has 12 heteroatoms. The van der Waals surface area contributed by atoms with Gasteiger partial charge in [-0.3, -0.25) is 14.3 Å². The monoisotopic (exact) mass is 576 g/mol. The van der Waals surface area contributed by atoms with E-state index >= 15 is 0 Å². The van der Waals surface area contributed by atoms with Crippen molar-refractivity contribution in [1.82, 2.24) is 29.4 Å². The maximum atomic E-state index is 13.7. The van der Waals surface area contributed by atoms with Gasteiger partial charge < -0.3 is 20.7 Å². The number of piperidine rings is 1. The van der Waals surface area contributed by atoms with Gasteiger partial charge in [0, 0.05) is 33.2 Å². The van der Waals surface area contributed by atoms with Crippen LogP contribution in [0.3, 0.4) is 0 Å². The second-order valence-electron chi connectivity index (χ2n) is 12.2. The summed E-state index contributed by atoms with van der Waals surface area (Å²) in [5.41, 5.74) is 9.12. The molecule has 1 fully saturated rings. The van der Waals surface area contributed by atoms with E-state index in [1.54, 1.807) is 15.8 Å². The number of nitrogen functional groups attached to an aromatic ring is 1. The number of nitrogens with one attached hydrogen (secondary N) is 1. The first-order chi connectivity index (χ1) is 19.6. The molecule has 3 N–H and O–H groups in total. The zero-order chi connectivity index (χ0) is 29.3. The lowest BCUT2D eigenvalue weighted by atomic mass is 9.89. The molecule has 0 saturated carbocycles. The Kier molecular flexibility index (Phi) is 8.14. The standard InChI is InChI=1S/C29H40N8O3Si/c1-6-36-25-10-8-20(13-21(25)14-32-36)24-9-7-19(2)17-35(24)29(39)28(38)34-23-16-31-27(30)22-15-33-37(26(22)23)18-40-11-12-41(3,4)5/h8,10,13-16,19,24H,6-7,9,11-12,17-18H2,1-5H3,(H2,30,31)(H,34,38). The van der Waals surface area contributed by atoms with E-state index in [0.717, 1.165) is 41.9 Å². The van der Waals surface area contributed by atoms with Crippen molar-refractivity contribution in [3.8, 4) is 0 Å². The van der Waals surface area contributed by atoms with E-state index in [0.29, 0.717) is 35.6 Å². The van der Waals surface area contributed by atoms with E-state index in [-0.39, 0.29) is 18.7 Å². The highest BCUT2D eigenvalue weighted by Crippen LogP contribution is 2.35. The number of fused-ring (bicyclic) bond motifs is 2. The molecule has 4 heterocycles. The minimum atomic E-state index is -1.24. The van der Waals surface area contributed by atoms with Gasteiger partial charge in [-0.25, -0.2) is 9.67 Å². The molecule has 4 aromatic rings. The number of aryl methyl sites for hydroxylation is 1. The van der Waals surface area contributed by atoms with Crippen LogP contribution in [0.25, 0.3) is 21.8 Å². The second kappa shape index (κ2) is 11.6. The number of anilines is 2.